The lowest BCUT2D eigenvalue weighted by Crippen LogP contribution is -2.31. The zero-order valence-corrected chi connectivity index (χ0v) is 10.1. The van der Waals surface area contributed by atoms with Crippen LogP contribution < -0.4 is 16.2 Å². The minimum absolute atomic E-state index is 0.431. The lowest BCUT2D eigenvalue weighted by Gasteiger charge is -2.25. The first-order valence-corrected chi connectivity index (χ1v) is 6.10. The van der Waals surface area contributed by atoms with Gasteiger partial charge in [-0.15, -0.1) is 0 Å². The third-order valence-corrected chi connectivity index (χ3v) is 3.02. The highest BCUT2D eigenvalue weighted by Gasteiger charge is 2.10. The van der Waals surface area contributed by atoms with Crippen LogP contribution in [0.25, 0.3) is 0 Å². The SMILES string of the molecule is CSCC(C)N(C)c1ccnc(NN)n1. The molecule has 6 heteroatoms. The molecule has 1 aromatic heterocycles. The smallest absolute Gasteiger partial charge is 0.239 e. The fraction of sp³-hybridized carbons (Fsp3) is 0.556. The van der Waals surface area contributed by atoms with Gasteiger partial charge in [0, 0.05) is 25.0 Å². The molecule has 0 amide bonds. The molecule has 84 valence electrons. The van der Waals surface area contributed by atoms with Gasteiger partial charge in [0.1, 0.15) is 5.82 Å². The first kappa shape index (κ1) is 12.1. The van der Waals surface area contributed by atoms with Crippen LogP contribution in [0.3, 0.4) is 0 Å². The Labute approximate surface area is 94.4 Å². The van der Waals surface area contributed by atoms with Crippen molar-refractivity contribution in [2.45, 2.75) is 13.0 Å². The van der Waals surface area contributed by atoms with Crippen molar-refractivity contribution in [3.63, 3.8) is 0 Å². The van der Waals surface area contributed by atoms with Gasteiger partial charge < -0.3 is 4.90 Å². The quantitative estimate of drug-likeness (QED) is 0.576. The summed E-state index contributed by atoms with van der Waals surface area (Å²) in [5.74, 6) is 7.63. The predicted octanol–water partition coefficient (Wildman–Crippen LogP) is 0.950. The molecule has 1 heterocycles. The van der Waals surface area contributed by atoms with Gasteiger partial charge in [-0.2, -0.15) is 16.7 Å². The van der Waals surface area contributed by atoms with Crippen LogP contribution in [0.2, 0.25) is 0 Å². The molecule has 0 aromatic carbocycles. The van der Waals surface area contributed by atoms with Crippen molar-refractivity contribution in [1.82, 2.24) is 9.97 Å². The molecule has 0 spiro atoms. The van der Waals surface area contributed by atoms with E-state index in [4.69, 9.17) is 5.84 Å². The minimum Gasteiger partial charge on any atom is -0.356 e. The Bertz CT molecular complexity index is 306. The summed E-state index contributed by atoms with van der Waals surface area (Å²) in [6.45, 7) is 2.16. The Morgan fingerprint density at radius 2 is 2.40 bits per heavy atom. The van der Waals surface area contributed by atoms with E-state index in [2.05, 4.69) is 33.5 Å². The number of aromatic nitrogens is 2. The van der Waals surface area contributed by atoms with Gasteiger partial charge in [0.25, 0.3) is 0 Å². The van der Waals surface area contributed by atoms with Crippen LogP contribution in [0.5, 0.6) is 0 Å². The van der Waals surface area contributed by atoms with Crippen molar-refractivity contribution < 1.29 is 0 Å². The molecule has 0 saturated heterocycles. The third kappa shape index (κ3) is 3.24. The van der Waals surface area contributed by atoms with E-state index in [1.807, 2.05) is 24.9 Å². The summed E-state index contributed by atoms with van der Waals surface area (Å²) in [6.07, 6.45) is 3.79. The van der Waals surface area contributed by atoms with Gasteiger partial charge in [0.2, 0.25) is 5.95 Å². The van der Waals surface area contributed by atoms with E-state index in [0.717, 1.165) is 11.6 Å². The van der Waals surface area contributed by atoms with E-state index in [9.17, 15) is 0 Å². The molecule has 0 aliphatic heterocycles. The van der Waals surface area contributed by atoms with Crippen LogP contribution in [0.1, 0.15) is 6.92 Å². The molecule has 0 aliphatic rings. The van der Waals surface area contributed by atoms with E-state index >= 15 is 0 Å². The molecule has 0 fully saturated rings. The van der Waals surface area contributed by atoms with Crippen LogP contribution in [-0.2, 0) is 0 Å². The summed E-state index contributed by atoms with van der Waals surface area (Å²) in [6, 6.07) is 2.30. The van der Waals surface area contributed by atoms with Crippen molar-refractivity contribution in [2.75, 3.05) is 29.4 Å². The van der Waals surface area contributed by atoms with E-state index in [1.54, 1.807) is 6.20 Å². The second kappa shape index (κ2) is 5.77. The Morgan fingerprint density at radius 3 is 3.00 bits per heavy atom. The van der Waals surface area contributed by atoms with Crippen LogP contribution >= 0.6 is 11.8 Å². The molecule has 1 unspecified atom stereocenters. The maximum atomic E-state index is 5.26. The van der Waals surface area contributed by atoms with Crippen LogP contribution in [0.4, 0.5) is 11.8 Å². The van der Waals surface area contributed by atoms with Gasteiger partial charge in [0.15, 0.2) is 0 Å². The number of nitrogens with zero attached hydrogens (tertiary/aromatic N) is 3. The van der Waals surface area contributed by atoms with Crippen molar-refractivity contribution in [3.8, 4) is 0 Å². The van der Waals surface area contributed by atoms with E-state index < -0.39 is 0 Å². The molecule has 15 heavy (non-hydrogen) atoms. The van der Waals surface area contributed by atoms with E-state index in [-0.39, 0.29) is 0 Å². The third-order valence-electron chi connectivity index (χ3n) is 2.20. The molecule has 3 N–H and O–H groups in total. The van der Waals surface area contributed by atoms with Gasteiger partial charge in [-0.05, 0) is 19.2 Å². The maximum absolute atomic E-state index is 5.26. The molecule has 5 nitrogen and oxygen atoms in total. The minimum atomic E-state index is 0.431. The Kier molecular flexibility index (Phi) is 4.64. The van der Waals surface area contributed by atoms with Crippen LogP contribution in [-0.4, -0.2) is 35.1 Å². The highest BCUT2D eigenvalue weighted by molar-refractivity contribution is 7.98. The van der Waals surface area contributed by atoms with Gasteiger partial charge in [-0.25, -0.2) is 10.8 Å². The molecule has 0 radical (unpaired) electrons. The summed E-state index contributed by atoms with van der Waals surface area (Å²) in [7, 11) is 2.02. The van der Waals surface area contributed by atoms with Crippen molar-refractivity contribution in [3.05, 3.63) is 12.3 Å². The first-order chi connectivity index (χ1) is 7.19. The Balaban J connectivity index is 2.76. The number of thioether (sulfide) groups is 1. The number of hydrogen-bond donors (Lipinski definition) is 2. The number of nitrogen functional groups attached to an aromatic ring is 1. The number of hydrazine groups is 1. The second-order valence-corrected chi connectivity index (χ2v) is 4.21. The molecule has 1 atom stereocenters. The molecular formula is C9H17N5S. The summed E-state index contributed by atoms with van der Waals surface area (Å²) in [5.41, 5.74) is 2.44. The maximum Gasteiger partial charge on any atom is 0.239 e. The van der Waals surface area contributed by atoms with Gasteiger partial charge in [0.05, 0.1) is 0 Å². The van der Waals surface area contributed by atoms with Gasteiger partial charge in [-0.3, -0.25) is 5.43 Å². The monoisotopic (exact) mass is 227 g/mol. The number of anilines is 2. The number of nitrogens with one attached hydrogen (secondary N) is 1. The number of hydrogen-bond acceptors (Lipinski definition) is 6. The molecule has 0 aliphatic carbocycles. The molecular weight excluding hydrogens is 210 g/mol. The zero-order valence-electron chi connectivity index (χ0n) is 9.27. The first-order valence-electron chi connectivity index (χ1n) is 4.70. The van der Waals surface area contributed by atoms with Crippen molar-refractivity contribution in [1.29, 1.82) is 0 Å². The summed E-state index contributed by atoms with van der Waals surface area (Å²) in [4.78, 5) is 10.3. The lowest BCUT2D eigenvalue weighted by molar-refractivity contribution is 0.752. The summed E-state index contributed by atoms with van der Waals surface area (Å²) < 4.78 is 0. The average Bonchev–Trinajstić information content (AvgIpc) is 2.28. The van der Waals surface area contributed by atoms with Crippen molar-refractivity contribution >= 4 is 23.5 Å². The van der Waals surface area contributed by atoms with Gasteiger partial charge in [-0.1, -0.05) is 0 Å². The lowest BCUT2D eigenvalue weighted by atomic mass is 10.3. The largest absolute Gasteiger partial charge is 0.356 e. The van der Waals surface area contributed by atoms with E-state index in [0.29, 0.717) is 12.0 Å². The van der Waals surface area contributed by atoms with Gasteiger partial charge >= 0.3 is 0 Å². The molecule has 0 saturated carbocycles. The number of nitrogens with two attached hydrogens (primary N) is 1. The highest BCUT2D eigenvalue weighted by atomic mass is 32.2. The Hall–Kier alpha value is -1.01. The highest BCUT2D eigenvalue weighted by Crippen LogP contribution is 2.14. The summed E-state index contributed by atoms with van der Waals surface area (Å²) >= 11 is 1.82. The standard InChI is InChI=1S/C9H17N5S/c1-7(6-15-3)14(2)8-4-5-11-9(12-8)13-10/h4-5,7H,6,10H2,1-3H3,(H,11,12,13). The zero-order chi connectivity index (χ0) is 11.3. The predicted molar refractivity (Wildman–Crippen MR) is 66.1 cm³/mol. The normalized spacial score (nSPS) is 12.3. The Morgan fingerprint density at radius 1 is 1.67 bits per heavy atom. The fourth-order valence-corrected chi connectivity index (χ4v) is 1.90. The fourth-order valence-electron chi connectivity index (χ4n) is 1.19. The molecule has 1 rings (SSSR count). The van der Waals surface area contributed by atoms with Crippen molar-refractivity contribution in [2.24, 2.45) is 5.84 Å². The van der Waals surface area contributed by atoms with E-state index in [1.165, 1.54) is 0 Å². The molecule has 0 bridgehead atoms. The summed E-state index contributed by atoms with van der Waals surface area (Å²) in [5, 5.41) is 0. The molecule has 1 aromatic rings. The average molecular weight is 227 g/mol. The second-order valence-electron chi connectivity index (χ2n) is 3.30. The topological polar surface area (TPSA) is 67.1 Å². The number of rotatable bonds is 5. The van der Waals surface area contributed by atoms with Crippen LogP contribution in [0.15, 0.2) is 12.3 Å². The van der Waals surface area contributed by atoms with Crippen LogP contribution in [0, 0.1) is 0 Å².